The third kappa shape index (κ3) is 2.80. The van der Waals surface area contributed by atoms with Gasteiger partial charge < -0.3 is 4.90 Å². The Morgan fingerprint density at radius 1 is 1.32 bits per heavy atom. The zero-order valence-corrected chi connectivity index (χ0v) is 12.0. The maximum absolute atomic E-state index is 13.5. The van der Waals surface area contributed by atoms with Gasteiger partial charge in [-0.05, 0) is 45.5 Å². The minimum Gasteiger partial charge on any atom is -0.302 e. The minimum atomic E-state index is -3.79. The molecule has 0 radical (unpaired) electrons. The van der Waals surface area contributed by atoms with Crippen LogP contribution < -0.4 is 4.72 Å². The Labute approximate surface area is 113 Å². The van der Waals surface area contributed by atoms with Crippen molar-refractivity contribution >= 4 is 10.0 Å². The van der Waals surface area contributed by atoms with E-state index in [1.807, 2.05) is 19.0 Å². The third-order valence-electron chi connectivity index (χ3n) is 3.95. The first kappa shape index (κ1) is 14.4. The van der Waals surface area contributed by atoms with Crippen LogP contribution in [0.4, 0.5) is 4.39 Å². The monoisotopic (exact) mass is 286 g/mol. The molecule has 1 fully saturated rings. The number of hydrogen-bond donors (Lipinski definition) is 1. The standard InChI is InChI=1S/C13H19FN2O2S/c1-16(2)13(8-5-9-13)10-15-19(17,18)12-7-4-3-6-11(12)14/h3-4,6-7,15H,5,8-10H2,1-2H3. The zero-order valence-electron chi connectivity index (χ0n) is 11.2. The number of nitrogens with one attached hydrogen (secondary N) is 1. The van der Waals surface area contributed by atoms with Crippen molar-refractivity contribution in [3.05, 3.63) is 30.1 Å². The summed E-state index contributed by atoms with van der Waals surface area (Å²) in [5.41, 5.74) is -0.127. The average molecular weight is 286 g/mol. The van der Waals surface area contributed by atoms with Gasteiger partial charge in [0.05, 0.1) is 0 Å². The largest absolute Gasteiger partial charge is 0.302 e. The predicted octanol–water partition coefficient (Wildman–Crippen LogP) is 1.59. The second kappa shape index (κ2) is 5.19. The molecule has 1 saturated carbocycles. The fourth-order valence-electron chi connectivity index (χ4n) is 2.34. The molecule has 1 N–H and O–H groups in total. The van der Waals surface area contributed by atoms with Crippen LogP contribution in [0.25, 0.3) is 0 Å². The molecule has 0 unspecified atom stereocenters. The molecular weight excluding hydrogens is 267 g/mol. The topological polar surface area (TPSA) is 49.4 Å². The fraction of sp³-hybridized carbons (Fsp3) is 0.538. The van der Waals surface area contributed by atoms with Gasteiger partial charge in [0.1, 0.15) is 10.7 Å². The molecule has 2 rings (SSSR count). The predicted molar refractivity (Wildman–Crippen MR) is 71.9 cm³/mol. The lowest BCUT2D eigenvalue weighted by atomic mass is 9.76. The smallest absolute Gasteiger partial charge is 0.243 e. The van der Waals surface area contributed by atoms with Crippen LogP contribution in [0.1, 0.15) is 19.3 Å². The highest BCUT2D eigenvalue weighted by Crippen LogP contribution is 2.35. The van der Waals surface area contributed by atoms with Gasteiger partial charge in [-0.2, -0.15) is 0 Å². The van der Waals surface area contributed by atoms with E-state index in [0.29, 0.717) is 6.54 Å². The van der Waals surface area contributed by atoms with Crippen molar-refractivity contribution in [1.29, 1.82) is 0 Å². The highest BCUT2D eigenvalue weighted by molar-refractivity contribution is 7.89. The van der Waals surface area contributed by atoms with E-state index in [0.717, 1.165) is 25.3 Å². The summed E-state index contributed by atoms with van der Waals surface area (Å²) in [5.74, 6) is -0.720. The number of nitrogens with zero attached hydrogens (tertiary/aromatic N) is 1. The fourth-order valence-corrected chi connectivity index (χ4v) is 3.53. The van der Waals surface area contributed by atoms with Gasteiger partial charge in [-0.25, -0.2) is 17.5 Å². The van der Waals surface area contributed by atoms with Crippen molar-refractivity contribution in [2.24, 2.45) is 0 Å². The lowest BCUT2D eigenvalue weighted by Gasteiger charge is -2.47. The summed E-state index contributed by atoms with van der Waals surface area (Å²) in [6.07, 6.45) is 3.01. The zero-order chi connectivity index (χ0) is 14.1. The van der Waals surface area contributed by atoms with Crippen molar-refractivity contribution < 1.29 is 12.8 Å². The third-order valence-corrected chi connectivity index (χ3v) is 5.38. The Morgan fingerprint density at radius 3 is 2.42 bits per heavy atom. The molecule has 4 nitrogen and oxygen atoms in total. The second-order valence-electron chi connectivity index (χ2n) is 5.23. The summed E-state index contributed by atoms with van der Waals surface area (Å²) in [6, 6.07) is 5.42. The lowest BCUT2D eigenvalue weighted by Crippen LogP contribution is -2.57. The normalized spacial score (nSPS) is 18.3. The van der Waals surface area contributed by atoms with Gasteiger partial charge >= 0.3 is 0 Å². The van der Waals surface area contributed by atoms with Gasteiger partial charge in [0.2, 0.25) is 10.0 Å². The summed E-state index contributed by atoms with van der Waals surface area (Å²) in [7, 11) is 0.0965. The first-order valence-electron chi connectivity index (χ1n) is 6.29. The Kier molecular flexibility index (Phi) is 3.94. The van der Waals surface area contributed by atoms with Crippen LogP contribution in [-0.2, 0) is 10.0 Å². The molecule has 19 heavy (non-hydrogen) atoms. The van der Waals surface area contributed by atoms with Crippen LogP contribution in [0.15, 0.2) is 29.2 Å². The Bertz CT molecular complexity index is 554. The van der Waals surface area contributed by atoms with E-state index in [4.69, 9.17) is 0 Å². The van der Waals surface area contributed by atoms with Gasteiger partial charge in [0.15, 0.2) is 0 Å². The molecule has 1 aromatic carbocycles. The quantitative estimate of drug-likeness (QED) is 0.894. The van der Waals surface area contributed by atoms with E-state index < -0.39 is 15.8 Å². The molecule has 1 aliphatic carbocycles. The number of halogens is 1. The van der Waals surface area contributed by atoms with Crippen LogP contribution in [0, 0.1) is 5.82 Å². The molecule has 1 aliphatic rings. The van der Waals surface area contributed by atoms with Crippen LogP contribution >= 0.6 is 0 Å². The van der Waals surface area contributed by atoms with Gasteiger partial charge in [-0.3, -0.25) is 0 Å². The van der Waals surface area contributed by atoms with E-state index >= 15 is 0 Å². The van der Waals surface area contributed by atoms with Crippen molar-refractivity contribution in [2.75, 3.05) is 20.6 Å². The molecule has 0 aliphatic heterocycles. The first-order chi connectivity index (χ1) is 8.87. The van der Waals surface area contributed by atoms with Gasteiger partial charge in [-0.1, -0.05) is 12.1 Å². The van der Waals surface area contributed by atoms with E-state index in [1.165, 1.54) is 18.2 Å². The summed E-state index contributed by atoms with van der Waals surface area (Å²) in [5, 5.41) is 0. The van der Waals surface area contributed by atoms with Crippen LogP contribution in [0.3, 0.4) is 0 Å². The number of sulfonamides is 1. The Morgan fingerprint density at radius 2 is 1.95 bits per heavy atom. The summed E-state index contributed by atoms with van der Waals surface area (Å²) in [4.78, 5) is 1.75. The summed E-state index contributed by atoms with van der Waals surface area (Å²) >= 11 is 0. The molecule has 6 heteroatoms. The number of rotatable bonds is 5. The van der Waals surface area contributed by atoms with Crippen LogP contribution in [0.5, 0.6) is 0 Å². The highest BCUT2D eigenvalue weighted by atomic mass is 32.2. The van der Waals surface area contributed by atoms with Crippen molar-refractivity contribution in [3.8, 4) is 0 Å². The Balaban J connectivity index is 2.13. The molecule has 0 saturated heterocycles. The molecule has 0 amide bonds. The molecule has 0 heterocycles. The average Bonchev–Trinajstić information content (AvgIpc) is 2.27. The van der Waals surface area contributed by atoms with Gasteiger partial charge in [0.25, 0.3) is 0 Å². The Hall–Kier alpha value is -0.980. The minimum absolute atomic E-state index is 0.127. The van der Waals surface area contributed by atoms with Crippen molar-refractivity contribution in [1.82, 2.24) is 9.62 Å². The highest BCUT2D eigenvalue weighted by Gasteiger charge is 2.40. The maximum atomic E-state index is 13.5. The van der Waals surface area contributed by atoms with E-state index in [2.05, 4.69) is 4.72 Å². The maximum Gasteiger partial charge on any atom is 0.243 e. The number of hydrogen-bond acceptors (Lipinski definition) is 3. The molecular formula is C13H19FN2O2S. The molecule has 0 atom stereocenters. The van der Waals surface area contributed by atoms with Gasteiger partial charge in [0, 0.05) is 12.1 Å². The molecule has 1 aromatic rings. The summed E-state index contributed by atoms with van der Waals surface area (Å²) in [6.45, 7) is 0.316. The summed E-state index contributed by atoms with van der Waals surface area (Å²) < 4.78 is 40.2. The number of benzene rings is 1. The first-order valence-corrected chi connectivity index (χ1v) is 7.77. The molecule has 0 spiro atoms. The molecule has 106 valence electrons. The SMILES string of the molecule is CN(C)C1(CNS(=O)(=O)c2ccccc2F)CCC1. The van der Waals surface area contributed by atoms with Crippen LogP contribution in [0.2, 0.25) is 0 Å². The second-order valence-corrected chi connectivity index (χ2v) is 6.96. The van der Waals surface area contributed by atoms with Crippen LogP contribution in [-0.4, -0.2) is 39.5 Å². The van der Waals surface area contributed by atoms with Gasteiger partial charge in [-0.15, -0.1) is 0 Å². The van der Waals surface area contributed by atoms with E-state index in [1.54, 1.807) is 0 Å². The van der Waals surface area contributed by atoms with E-state index in [-0.39, 0.29) is 10.4 Å². The molecule has 0 aromatic heterocycles. The van der Waals surface area contributed by atoms with Crippen molar-refractivity contribution in [3.63, 3.8) is 0 Å². The van der Waals surface area contributed by atoms with Crippen molar-refractivity contribution in [2.45, 2.75) is 29.7 Å². The number of likely N-dealkylation sites (N-methyl/N-ethyl adjacent to an activating group) is 1. The van der Waals surface area contributed by atoms with E-state index in [9.17, 15) is 12.8 Å². The molecule has 0 bridgehead atoms. The lowest BCUT2D eigenvalue weighted by molar-refractivity contribution is 0.0656.